The number of pyridine rings is 1. The number of para-hydroxylation sites is 1. The number of aromatic amines is 1. The van der Waals surface area contributed by atoms with Crippen molar-refractivity contribution in [1.29, 1.82) is 0 Å². The van der Waals surface area contributed by atoms with Crippen molar-refractivity contribution in [2.24, 2.45) is 0 Å². The van der Waals surface area contributed by atoms with Crippen molar-refractivity contribution in [3.8, 4) is 0 Å². The van der Waals surface area contributed by atoms with E-state index in [1.807, 2.05) is 18.3 Å². The van der Waals surface area contributed by atoms with Gasteiger partial charge in [-0.1, -0.05) is 18.2 Å². The highest BCUT2D eigenvalue weighted by Gasteiger charge is 2.11. The predicted octanol–water partition coefficient (Wildman–Crippen LogP) is 4.92. The fourth-order valence-electron chi connectivity index (χ4n) is 2.76. The molecule has 0 aliphatic rings. The standard InChI is InChI=1S/C18H13N3O2S/c22-21(23)14-6-7-15-13(10-20-16(15)9-14)11-24-17-5-1-3-12-4-2-8-19-18(12)17/h1-10,20H,11H2. The van der Waals surface area contributed by atoms with E-state index < -0.39 is 0 Å². The molecule has 4 aromatic rings. The first-order chi connectivity index (χ1) is 11.7. The van der Waals surface area contributed by atoms with E-state index in [1.54, 1.807) is 36.2 Å². The maximum absolute atomic E-state index is 10.9. The molecule has 0 unspecified atom stereocenters. The summed E-state index contributed by atoms with van der Waals surface area (Å²) < 4.78 is 0. The summed E-state index contributed by atoms with van der Waals surface area (Å²) in [7, 11) is 0. The predicted molar refractivity (Wildman–Crippen MR) is 96.3 cm³/mol. The van der Waals surface area contributed by atoms with Crippen LogP contribution in [0.2, 0.25) is 0 Å². The van der Waals surface area contributed by atoms with Crippen LogP contribution in [-0.4, -0.2) is 14.9 Å². The van der Waals surface area contributed by atoms with Crippen molar-refractivity contribution in [2.75, 3.05) is 0 Å². The second-order valence-corrected chi connectivity index (χ2v) is 6.44. The summed E-state index contributed by atoms with van der Waals surface area (Å²) in [5.41, 5.74) is 3.01. The molecule has 0 saturated carbocycles. The average molecular weight is 335 g/mol. The Balaban J connectivity index is 1.64. The first-order valence-corrected chi connectivity index (χ1v) is 8.42. The molecule has 1 N–H and O–H groups in total. The van der Waals surface area contributed by atoms with Gasteiger partial charge in [0.15, 0.2) is 0 Å². The van der Waals surface area contributed by atoms with Gasteiger partial charge in [-0.25, -0.2) is 0 Å². The minimum Gasteiger partial charge on any atom is -0.361 e. The smallest absolute Gasteiger partial charge is 0.271 e. The third kappa shape index (κ3) is 2.61. The lowest BCUT2D eigenvalue weighted by Crippen LogP contribution is -1.87. The SMILES string of the molecule is O=[N+]([O-])c1ccc2c(CSc3cccc4cccnc34)c[nH]c2c1. The summed E-state index contributed by atoms with van der Waals surface area (Å²) >= 11 is 1.72. The molecule has 4 rings (SSSR count). The molecule has 0 fully saturated rings. The Bertz CT molecular complexity index is 1050. The molecule has 0 aliphatic carbocycles. The molecule has 118 valence electrons. The topological polar surface area (TPSA) is 71.8 Å². The summed E-state index contributed by atoms with van der Waals surface area (Å²) in [6.07, 6.45) is 3.72. The molecule has 6 heteroatoms. The number of hydrogen-bond acceptors (Lipinski definition) is 4. The van der Waals surface area contributed by atoms with E-state index in [9.17, 15) is 10.1 Å². The molecule has 2 aromatic heterocycles. The summed E-state index contributed by atoms with van der Waals surface area (Å²) in [5, 5.41) is 13.0. The van der Waals surface area contributed by atoms with Crippen LogP contribution in [-0.2, 0) is 5.75 Å². The number of nitrogens with one attached hydrogen (secondary N) is 1. The third-order valence-electron chi connectivity index (χ3n) is 3.94. The van der Waals surface area contributed by atoms with Crippen molar-refractivity contribution < 1.29 is 4.92 Å². The maximum atomic E-state index is 10.9. The number of hydrogen-bond donors (Lipinski definition) is 1. The Kier molecular flexibility index (Phi) is 3.66. The number of nitrogens with zero attached hydrogens (tertiary/aromatic N) is 2. The van der Waals surface area contributed by atoms with Gasteiger partial charge in [0.05, 0.1) is 16.0 Å². The Morgan fingerprint density at radius 2 is 2.04 bits per heavy atom. The zero-order valence-electron chi connectivity index (χ0n) is 12.6. The van der Waals surface area contributed by atoms with Crippen LogP contribution in [0, 0.1) is 10.1 Å². The molecular formula is C18H13N3O2S. The molecular weight excluding hydrogens is 322 g/mol. The molecule has 0 saturated heterocycles. The van der Waals surface area contributed by atoms with Gasteiger partial charge in [-0.3, -0.25) is 15.1 Å². The summed E-state index contributed by atoms with van der Waals surface area (Å²) in [4.78, 5) is 19.2. The van der Waals surface area contributed by atoms with Crippen LogP contribution in [0.4, 0.5) is 5.69 Å². The molecule has 0 spiro atoms. The van der Waals surface area contributed by atoms with Crippen LogP contribution in [0.3, 0.4) is 0 Å². The fraction of sp³-hybridized carbons (Fsp3) is 0.0556. The van der Waals surface area contributed by atoms with Crippen molar-refractivity contribution in [1.82, 2.24) is 9.97 Å². The molecule has 24 heavy (non-hydrogen) atoms. The number of H-pyrrole nitrogens is 1. The Labute approximate surface area is 141 Å². The summed E-state index contributed by atoms with van der Waals surface area (Å²) in [5.74, 6) is 0.771. The molecule has 0 bridgehead atoms. The lowest BCUT2D eigenvalue weighted by Gasteiger charge is -2.05. The highest BCUT2D eigenvalue weighted by atomic mass is 32.2. The van der Waals surface area contributed by atoms with Gasteiger partial charge in [-0.15, -0.1) is 11.8 Å². The largest absolute Gasteiger partial charge is 0.361 e. The number of thioether (sulfide) groups is 1. The van der Waals surface area contributed by atoms with Crippen LogP contribution in [0.5, 0.6) is 0 Å². The molecule has 2 heterocycles. The van der Waals surface area contributed by atoms with Crippen molar-refractivity contribution in [2.45, 2.75) is 10.6 Å². The lowest BCUT2D eigenvalue weighted by atomic mass is 10.2. The number of nitro groups is 1. The van der Waals surface area contributed by atoms with Gasteiger partial charge in [-0.05, 0) is 23.8 Å². The van der Waals surface area contributed by atoms with Crippen LogP contribution in [0.1, 0.15) is 5.56 Å². The van der Waals surface area contributed by atoms with Gasteiger partial charge in [0.2, 0.25) is 0 Å². The monoisotopic (exact) mass is 335 g/mol. The zero-order chi connectivity index (χ0) is 16.5. The van der Waals surface area contributed by atoms with Crippen LogP contribution < -0.4 is 0 Å². The minimum atomic E-state index is -0.378. The van der Waals surface area contributed by atoms with Crippen LogP contribution in [0.15, 0.2) is 65.8 Å². The molecule has 0 atom stereocenters. The fourth-order valence-corrected chi connectivity index (χ4v) is 3.79. The normalized spacial score (nSPS) is 11.2. The maximum Gasteiger partial charge on any atom is 0.271 e. The van der Waals surface area contributed by atoms with E-state index in [0.29, 0.717) is 0 Å². The molecule has 0 amide bonds. The van der Waals surface area contributed by atoms with E-state index in [-0.39, 0.29) is 10.6 Å². The Hall–Kier alpha value is -2.86. The second-order valence-electron chi connectivity index (χ2n) is 5.42. The van der Waals surface area contributed by atoms with Gasteiger partial charge in [0, 0.05) is 45.9 Å². The lowest BCUT2D eigenvalue weighted by molar-refractivity contribution is -0.384. The van der Waals surface area contributed by atoms with Gasteiger partial charge in [-0.2, -0.15) is 0 Å². The number of benzene rings is 2. The second kappa shape index (κ2) is 5.98. The quantitative estimate of drug-likeness (QED) is 0.326. The molecule has 0 aliphatic heterocycles. The first-order valence-electron chi connectivity index (χ1n) is 7.43. The van der Waals surface area contributed by atoms with E-state index in [4.69, 9.17) is 0 Å². The molecule has 0 radical (unpaired) electrons. The third-order valence-corrected chi connectivity index (χ3v) is 5.04. The zero-order valence-corrected chi connectivity index (χ0v) is 13.4. The number of aromatic nitrogens is 2. The first kappa shape index (κ1) is 14.7. The van der Waals surface area contributed by atoms with Gasteiger partial charge in [0.25, 0.3) is 5.69 Å². The Morgan fingerprint density at radius 1 is 1.17 bits per heavy atom. The Morgan fingerprint density at radius 3 is 2.92 bits per heavy atom. The van der Waals surface area contributed by atoms with Gasteiger partial charge >= 0.3 is 0 Å². The van der Waals surface area contributed by atoms with Crippen molar-refractivity contribution in [3.05, 3.63) is 76.6 Å². The molecule has 2 aromatic carbocycles. The van der Waals surface area contributed by atoms with E-state index in [1.165, 1.54) is 0 Å². The van der Waals surface area contributed by atoms with E-state index in [0.717, 1.165) is 38.0 Å². The van der Waals surface area contributed by atoms with Crippen LogP contribution >= 0.6 is 11.8 Å². The van der Waals surface area contributed by atoms with Crippen LogP contribution in [0.25, 0.3) is 21.8 Å². The number of fused-ring (bicyclic) bond motifs is 2. The molecule has 5 nitrogen and oxygen atoms in total. The average Bonchev–Trinajstić information content (AvgIpc) is 3.02. The summed E-state index contributed by atoms with van der Waals surface area (Å²) in [6, 6.07) is 15.1. The number of nitro benzene ring substituents is 1. The highest BCUT2D eigenvalue weighted by Crippen LogP contribution is 2.32. The summed E-state index contributed by atoms with van der Waals surface area (Å²) in [6.45, 7) is 0. The van der Waals surface area contributed by atoms with Crippen molar-refractivity contribution >= 4 is 39.3 Å². The van der Waals surface area contributed by atoms with Gasteiger partial charge in [0.1, 0.15) is 0 Å². The van der Waals surface area contributed by atoms with E-state index in [2.05, 4.69) is 28.2 Å². The van der Waals surface area contributed by atoms with E-state index >= 15 is 0 Å². The minimum absolute atomic E-state index is 0.0989. The van der Waals surface area contributed by atoms with Gasteiger partial charge < -0.3 is 4.98 Å². The number of rotatable bonds is 4. The number of non-ortho nitro benzene ring substituents is 1. The van der Waals surface area contributed by atoms with Crippen molar-refractivity contribution in [3.63, 3.8) is 0 Å². The highest BCUT2D eigenvalue weighted by molar-refractivity contribution is 7.98.